The van der Waals surface area contributed by atoms with Crippen molar-refractivity contribution in [2.24, 2.45) is 0 Å². The lowest BCUT2D eigenvalue weighted by Crippen LogP contribution is -2.06. The Bertz CT molecular complexity index is 231. The van der Waals surface area contributed by atoms with Gasteiger partial charge in [0.25, 0.3) is 0 Å². The molecule has 0 aromatic rings. The van der Waals surface area contributed by atoms with Crippen molar-refractivity contribution < 1.29 is 9.84 Å². The Morgan fingerprint density at radius 2 is 2.00 bits per heavy atom. The molecule has 16 heavy (non-hydrogen) atoms. The molecule has 1 N–H and O–H groups in total. The first-order valence-electron chi connectivity index (χ1n) is 6.52. The van der Waals surface area contributed by atoms with Crippen LogP contribution < -0.4 is 0 Å². The van der Waals surface area contributed by atoms with Crippen LogP contribution in [0.1, 0.15) is 51.9 Å². The molecule has 92 valence electrons. The molecule has 1 unspecified atom stereocenters. The standard InChI is InChI=1S/C14H24O2/c1-2-3-4-5-6-7-12-16-14-10-8-13(15)9-11-14/h8,10-11,13,15H,2-7,9,12H2,1H3. The predicted octanol–water partition coefficient (Wildman–Crippen LogP) is 3.57. The minimum atomic E-state index is -0.318. The number of aliphatic hydroxyl groups excluding tert-OH is 1. The van der Waals surface area contributed by atoms with Gasteiger partial charge in [-0.2, -0.15) is 0 Å². The summed E-state index contributed by atoms with van der Waals surface area (Å²) in [7, 11) is 0. The third-order valence-electron chi connectivity index (χ3n) is 2.81. The molecule has 0 aromatic carbocycles. The minimum Gasteiger partial charge on any atom is -0.494 e. The van der Waals surface area contributed by atoms with Crippen LogP contribution in [-0.2, 0) is 4.74 Å². The third kappa shape index (κ3) is 5.96. The first-order valence-corrected chi connectivity index (χ1v) is 6.52. The molecule has 0 saturated heterocycles. The average molecular weight is 224 g/mol. The normalized spacial score (nSPS) is 19.6. The first kappa shape index (κ1) is 13.3. The van der Waals surface area contributed by atoms with E-state index in [0.717, 1.165) is 18.8 Å². The molecule has 1 aliphatic rings. The highest BCUT2D eigenvalue weighted by Crippen LogP contribution is 2.12. The number of allylic oxidation sites excluding steroid dienone is 1. The number of hydrogen-bond acceptors (Lipinski definition) is 2. The lowest BCUT2D eigenvalue weighted by molar-refractivity contribution is 0.196. The predicted molar refractivity (Wildman–Crippen MR) is 67.2 cm³/mol. The smallest absolute Gasteiger partial charge is 0.115 e. The molecular formula is C14H24O2. The number of ether oxygens (including phenoxy) is 1. The summed E-state index contributed by atoms with van der Waals surface area (Å²) < 4.78 is 5.60. The molecule has 0 spiro atoms. The van der Waals surface area contributed by atoms with Gasteiger partial charge in [0.2, 0.25) is 0 Å². The fourth-order valence-electron chi connectivity index (χ4n) is 1.77. The summed E-state index contributed by atoms with van der Waals surface area (Å²) in [6.45, 7) is 3.04. The van der Waals surface area contributed by atoms with Gasteiger partial charge < -0.3 is 9.84 Å². The highest BCUT2D eigenvalue weighted by Gasteiger charge is 2.04. The van der Waals surface area contributed by atoms with Gasteiger partial charge >= 0.3 is 0 Å². The van der Waals surface area contributed by atoms with E-state index in [0.29, 0.717) is 6.42 Å². The molecular weight excluding hydrogens is 200 g/mol. The average Bonchev–Trinajstić information content (AvgIpc) is 2.30. The fraction of sp³-hybridized carbons (Fsp3) is 0.714. The van der Waals surface area contributed by atoms with Crippen LogP contribution in [0.4, 0.5) is 0 Å². The summed E-state index contributed by atoms with van der Waals surface area (Å²) in [5.74, 6) is 0.916. The van der Waals surface area contributed by atoms with Gasteiger partial charge in [-0.05, 0) is 25.0 Å². The van der Waals surface area contributed by atoms with Gasteiger partial charge in [0, 0.05) is 0 Å². The van der Waals surface area contributed by atoms with Crippen molar-refractivity contribution in [2.75, 3.05) is 6.61 Å². The summed E-state index contributed by atoms with van der Waals surface area (Å²) >= 11 is 0. The number of aliphatic hydroxyl groups is 1. The zero-order valence-corrected chi connectivity index (χ0v) is 10.3. The Kier molecular flexibility index (Phi) is 6.98. The Labute approximate surface area is 99.0 Å². The van der Waals surface area contributed by atoms with Crippen LogP contribution in [0.3, 0.4) is 0 Å². The van der Waals surface area contributed by atoms with Crippen molar-refractivity contribution in [3.05, 3.63) is 24.0 Å². The quantitative estimate of drug-likeness (QED) is 0.639. The molecule has 1 aliphatic carbocycles. The van der Waals surface area contributed by atoms with E-state index in [1.165, 1.54) is 32.1 Å². The van der Waals surface area contributed by atoms with Gasteiger partial charge in [0.05, 0.1) is 12.7 Å². The van der Waals surface area contributed by atoms with Crippen LogP contribution in [0.25, 0.3) is 0 Å². The molecule has 0 aliphatic heterocycles. The second kappa shape index (κ2) is 8.40. The van der Waals surface area contributed by atoms with Crippen LogP contribution in [0, 0.1) is 0 Å². The second-order valence-corrected chi connectivity index (χ2v) is 4.38. The summed E-state index contributed by atoms with van der Waals surface area (Å²) in [5.41, 5.74) is 0. The molecule has 0 aromatic heterocycles. The molecule has 0 radical (unpaired) electrons. The highest BCUT2D eigenvalue weighted by atomic mass is 16.5. The Hall–Kier alpha value is -0.760. The van der Waals surface area contributed by atoms with Crippen molar-refractivity contribution in [2.45, 2.75) is 58.0 Å². The van der Waals surface area contributed by atoms with Crippen molar-refractivity contribution >= 4 is 0 Å². The van der Waals surface area contributed by atoms with Gasteiger partial charge in [0.1, 0.15) is 5.76 Å². The minimum absolute atomic E-state index is 0.318. The van der Waals surface area contributed by atoms with Crippen molar-refractivity contribution in [3.8, 4) is 0 Å². The van der Waals surface area contributed by atoms with Gasteiger partial charge in [0.15, 0.2) is 0 Å². The van der Waals surface area contributed by atoms with Crippen molar-refractivity contribution in [3.63, 3.8) is 0 Å². The molecule has 2 heteroatoms. The summed E-state index contributed by atoms with van der Waals surface area (Å²) in [6.07, 6.45) is 13.7. The van der Waals surface area contributed by atoms with Crippen molar-refractivity contribution in [1.29, 1.82) is 0 Å². The summed E-state index contributed by atoms with van der Waals surface area (Å²) in [6, 6.07) is 0. The summed E-state index contributed by atoms with van der Waals surface area (Å²) in [5, 5.41) is 9.23. The molecule has 0 bridgehead atoms. The van der Waals surface area contributed by atoms with E-state index in [1.807, 2.05) is 12.2 Å². The van der Waals surface area contributed by atoms with Crippen LogP contribution in [0.5, 0.6) is 0 Å². The maximum Gasteiger partial charge on any atom is 0.115 e. The van der Waals surface area contributed by atoms with Crippen LogP contribution in [-0.4, -0.2) is 17.8 Å². The van der Waals surface area contributed by atoms with Gasteiger partial charge in [-0.25, -0.2) is 0 Å². The fourth-order valence-corrected chi connectivity index (χ4v) is 1.77. The van der Waals surface area contributed by atoms with E-state index in [-0.39, 0.29) is 6.10 Å². The maximum atomic E-state index is 9.23. The zero-order valence-electron chi connectivity index (χ0n) is 10.3. The van der Waals surface area contributed by atoms with Crippen LogP contribution >= 0.6 is 0 Å². The van der Waals surface area contributed by atoms with Gasteiger partial charge in [-0.15, -0.1) is 0 Å². The Morgan fingerprint density at radius 3 is 2.69 bits per heavy atom. The molecule has 1 atom stereocenters. The molecule has 2 nitrogen and oxygen atoms in total. The molecule has 0 heterocycles. The number of hydrogen-bond donors (Lipinski definition) is 1. The van der Waals surface area contributed by atoms with Gasteiger partial charge in [-0.1, -0.05) is 45.1 Å². The highest BCUT2D eigenvalue weighted by molar-refractivity contribution is 5.18. The second-order valence-electron chi connectivity index (χ2n) is 4.38. The molecule has 0 fully saturated rings. The lowest BCUT2D eigenvalue weighted by Gasteiger charge is -2.12. The molecule has 0 amide bonds. The third-order valence-corrected chi connectivity index (χ3v) is 2.81. The maximum absolute atomic E-state index is 9.23. The van der Waals surface area contributed by atoms with E-state index in [9.17, 15) is 5.11 Å². The lowest BCUT2D eigenvalue weighted by atomic mass is 10.1. The van der Waals surface area contributed by atoms with E-state index < -0.39 is 0 Å². The molecule has 0 saturated carbocycles. The van der Waals surface area contributed by atoms with Crippen LogP contribution in [0.2, 0.25) is 0 Å². The summed E-state index contributed by atoms with van der Waals surface area (Å²) in [4.78, 5) is 0. The van der Waals surface area contributed by atoms with E-state index >= 15 is 0 Å². The topological polar surface area (TPSA) is 29.5 Å². The van der Waals surface area contributed by atoms with Crippen molar-refractivity contribution in [1.82, 2.24) is 0 Å². The number of rotatable bonds is 8. The first-order chi connectivity index (χ1) is 7.83. The van der Waals surface area contributed by atoms with E-state index in [1.54, 1.807) is 6.08 Å². The SMILES string of the molecule is CCCCCCCCOC1=CCC(O)C=C1. The number of unbranched alkanes of at least 4 members (excludes halogenated alkanes) is 5. The van der Waals surface area contributed by atoms with Gasteiger partial charge in [-0.3, -0.25) is 0 Å². The van der Waals surface area contributed by atoms with E-state index in [2.05, 4.69) is 6.92 Å². The molecule has 1 rings (SSSR count). The zero-order chi connectivity index (χ0) is 11.6. The van der Waals surface area contributed by atoms with E-state index in [4.69, 9.17) is 4.74 Å². The Balaban J connectivity index is 1.94. The largest absolute Gasteiger partial charge is 0.494 e. The Morgan fingerprint density at radius 1 is 1.25 bits per heavy atom. The van der Waals surface area contributed by atoms with Crippen LogP contribution in [0.15, 0.2) is 24.0 Å². The monoisotopic (exact) mass is 224 g/mol.